The second-order valence-electron chi connectivity index (χ2n) is 3.91. The zero-order chi connectivity index (χ0) is 11.5. The van der Waals surface area contributed by atoms with Gasteiger partial charge in [0.2, 0.25) is 0 Å². The summed E-state index contributed by atoms with van der Waals surface area (Å²) in [6.45, 7) is 2.10. The van der Waals surface area contributed by atoms with E-state index in [1.54, 1.807) is 0 Å². The van der Waals surface area contributed by atoms with Crippen LogP contribution in [0.5, 0.6) is 0 Å². The zero-order valence-corrected chi connectivity index (χ0v) is 9.49. The van der Waals surface area contributed by atoms with Crippen LogP contribution in [-0.4, -0.2) is 7.05 Å². The van der Waals surface area contributed by atoms with E-state index in [0.29, 0.717) is 0 Å². The van der Waals surface area contributed by atoms with Gasteiger partial charge in [-0.2, -0.15) is 5.26 Å². The Morgan fingerprint density at radius 3 is 2.69 bits per heavy atom. The van der Waals surface area contributed by atoms with Crippen molar-refractivity contribution < 1.29 is 0 Å². The molecule has 0 heterocycles. The van der Waals surface area contributed by atoms with Gasteiger partial charge in [0, 0.05) is 6.04 Å². The van der Waals surface area contributed by atoms with Crippen LogP contribution in [0.2, 0.25) is 0 Å². The third kappa shape index (κ3) is 1.78. The third-order valence-electron chi connectivity index (χ3n) is 2.92. The highest BCUT2D eigenvalue weighted by atomic mass is 14.9. The first-order chi connectivity index (χ1) is 7.76. The first-order valence-electron chi connectivity index (χ1n) is 5.36. The maximum absolute atomic E-state index is 9.01. The lowest BCUT2D eigenvalue weighted by Crippen LogP contribution is -2.12. The molecule has 0 amide bonds. The molecule has 0 spiro atoms. The van der Waals surface area contributed by atoms with Gasteiger partial charge in [0.25, 0.3) is 0 Å². The van der Waals surface area contributed by atoms with E-state index < -0.39 is 0 Å². The molecule has 0 aliphatic carbocycles. The summed E-state index contributed by atoms with van der Waals surface area (Å²) in [7, 11) is 1.93. The van der Waals surface area contributed by atoms with E-state index in [1.807, 2.05) is 37.4 Å². The van der Waals surface area contributed by atoms with Crippen molar-refractivity contribution in [3.8, 4) is 6.07 Å². The minimum absolute atomic E-state index is 0.248. The average Bonchev–Trinajstić information content (AvgIpc) is 2.36. The van der Waals surface area contributed by atoms with Gasteiger partial charge in [0.1, 0.15) is 0 Å². The summed E-state index contributed by atoms with van der Waals surface area (Å²) in [5, 5.41) is 14.6. The van der Waals surface area contributed by atoms with Crippen LogP contribution in [0.15, 0.2) is 36.4 Å². The third-order valence-corrected chi connectivity index (χ3v) is 2.92. The molecule has 1 unspecified atom stereocenters. The number of benzene rings is 2. The fraction of sp³-hybridized carbons (Fsp3) is 0.214. The maximum Gasteiger partial charge on any atom is 0.0991 e. The molecule has 2 rings (SSSR count). The topological polar surface area (TPSA) is 35.8 Å². The zero-order valence-electron chi connectivity index (χ0n) is 9.49. The summed E-state index contributed by atoms with van der Waals surface area (Å²) >= 11 is 0. The molecule has 2 aromatic rings. The second-order valence-corrected chi connectivity index (χ2v) is 3.91. The van der Waals surface area contributed by atoms with Crippen LogP contribution in [0.25, 0.3) is 10.8 Å². The molecule has 0 bridgehead atoms. The van der Waals surface area contributed by atoms with Crippen LogP contribution in [0.1, 0.15) is 24.1 Å². The van der Waals surface area contributed by atoms with Gasteiger partial charge in [0.05, 0.1) is 11.6 Å². The summed E-state index contributed by atoms with van der Waals surface area (Å²) in [4.78, 5) is 0. The Kier molecular flexibility index (Phi) is 2.89. The molecule has 0 aromatic heterocycles. The predicted molar refractivity (Wildman–Crippen MR) is 66.1 cm³/mol. The largest absolute Gasteiger partial charge is 0.313 e. The molecule has 2 aromatic carbocycles. The van der Waals surface area contributed by atoms with Crippen molar-refractivity contribution in [2.24, 2.45) is 0 Å². The second kappa shape index (κ2) is 4.34. The molecule has 1 atom stereocenters. The van der Waals surface area contributed by atoms with Crippen LogP contribution in [0.4, 0.5) is 0 Å². The molecule has 16 heavy (non-hydrogen) atoms. The van der Waals surface area contributed by atoms with E-state index in [4.69, 9.17) is 5.26 Å². The van der Waals surface area contributed by atoms with Crippen molar-refractivity contribution >= 4 is 10.8 Å². The van der Waals surface area contributed by atoms with Crippen molar-refractivity contribution in [2.75, 3.05) is 7.05 Å². The Morgan fingerprint density at radius 2 is 2.00 bits per heavy atom. The fourth-order valence-electron chi connectivity index (χ4n) is 1.92. The van der Waals surface area contributed by atoms with Gasteiger partial charge in [-0.05, 0) is 42.4 Å². The molecule has 0 saturated heterocycles. The van der Waals surface area contributed by atoms with E-state index in [-0.39, 0.29) is 6.04 Å². The predicted octanol–water partition coefficient (Wildman–Crippen LogP) is 2.99. The van der Waals surface area contributed by atoms with Crippen molar-refractivity contribution in [3.05, 3.63) is 47.5 Å². The van der Waals surface area contributed by atoms with Crippen molar-refractivity contribution in [1.29, 1.82) is 5.26 Å². The van der Waals surface area contributed by atoms with Crippen molar-refractivity contribution in [3.63, 3.8) is 0 Å². The normalized spacial score (nSPS) is 12.3. The van der Waals surface area contributed by atoms with Crippen LogP contribution < -0.4 is 5.32 Å². The van der Waals surface area contributed by atoms with Gasteiger partial charge < -0.3 is 5.32 Å². The molecule has 0 fully saturated rings. The van der Waals surface area contributed by atoms with Gasteiger partial charge >= 0.3 is 0 Å². The van der Waals surface area contributed by atoms with Gasteiger partial charge in [-0.3, -0.25) is 0 Å². The van der Waals surface area contributed by atoms with Gasteiger partial charge in [-0.1, -0.05) is 24.3 Å². The molecule has 1 N–H and O–H groups in total. The minimum atomic E-state index is 0.248. The molecule has 80 valence electrons. The number of nitrogens with one attached hydrogen (secondary N) is 1. The van der Waals surface area contributed by atoms with Gasteiger partial charge in [-0.15, -0.1) is 0 Å². The molecule has 0 aliphatic rings. The maximum atomic E-state index is 9.01. The van der Waals surface area contributed by atoms with Crippen LogP contribution >= 0.6 is 0 Å². The van der Waals surface area contributed by atoms with Gasteiger partial charge in [-0.25, -0.2) is 0 Å². The number of hydrogen-bond acceptors (Lipinski definition) is 2. The standard InChI is InChI=1S/C14H14N2/c1-10(16-2)14-8-11(9-15)7-12-5-3-4-6-13(12)14/h3-8,10,16H,1-2H3. The fourth-order valence-corrected chi connectivity index (χ4v) is 1.92. The van der Waals surface area contributed by atoms with Crippen LogP contribution in [-0.2, 0) is 0 Å². The number of hydrogen-bond donors (Lipinski definition) is 1. The van der Waals surface area contributed by atoms with E-state index in [0.717, 1.165) is 10.9 Å². The molecule has 2 nitrogen and oxygen atoms in total. The first-order valence-corrected chi connectivity index (χ1v) is 5.36. The Morgan fingerprint density at radius 1 is 1.25 bits per heavy atom. The number of fused-ring (bicyclic) bond motifs is 1. The highest BCUT2D eigenvalue weighted by Crippen LogP contribution is 2.25. The summed E-state index contributed by atoms with van der Waals surface area (Å²) in [6.07, 6.45) is 0. The Labute approximate surface area is 95.5 Å². The molecule has 0 aliphatic heterocycles. The van der Waals surface area contributed by atoms with Crippen LogP contribution in [0, 0.1) is 11.3 Å². The lowest BCUT2D eigenvalue weighted by Gasteiger charge is -2.14. The Bertz CT molecular complexity index is 552. The average molecular weight is 210 g/mol. The number of nitriles is 1. The number of nitrogens with zero attached hydrogens (tertiary/aromatic N) is 1. The Hall–Kier alpha value is -1.85. The summed E-state index contributed by atoms with van der Waals surface area (Å²) in [5.41, 5.74) is 1.90. The molecule has 0 radical (unpaired) electrons. The molecule has 2 heteroatoms. The van der Waals surface area contributed by atoms with E-state index >= 15 is 0 Å². The summed E-state index contributed by atoms with van der Waals surface area (Å²) in [6, 6.07) is 14.5. The van der Waals surface area contributed by atoms with Crippen molar-refractivity contribution in [1.82, 2.24) is 5.32 Å². The number of rotatable bonds is 2. The Balaban J connectivity index is 2.74. The van der Waals surface area contributed by atoms with E-state index in [9.17, 15) is 0 Å². The van der Waals surface area contributed by atoms with Crippen molar-refractivity contribution in [2.45, 2.75) is 13.0 Å². The SMILES string of the molecule is CNC(C)c1cc(C#N)cc2ccccc12. The molecular weight excluding hydrogens is 196 g/mol. The van der Waals surface area contributed by atoms with E-state index in [2.05, 4.69) is 24.4 Å². The quantitative estimate of drug-likeness (QED) is 0.827. The molecular formula is C14H14N2. The highest BCUT2D eigenvalue weighted by Gasteiger charge is 2.08. The summed E-state index contributed by atoms with van der Waals surface area (Å²) in [5.74, 6) is 0. The van der Waals surface area contributed by atoms with Crippen LogP contribution in [0.3, 0.4) is 0 Å². The van der Waals surface area contributed by atoms with E-state index in [1.165, 1.54) is 10.9 Å². The van der Waals surface area contributed by atoms with Gasteiger partial charge in [0.15, 0.2) is 0 Å². The smallest absolute Gasteiger partial charge is 0.0991 e. The lowest BCUT2D eigenvalue weighted by atomic mass is 9.97. The first kappa shape index (κ1) is 10.7. The highest BCUT2D eigenvalue weighted by molar-refractivity contribution is 5.87. The monoisotopic (exact) mass is 210 g/mol. The summed E-state index contributed by atoms with van der Waals surface area (Å²) < 4.78 is 0. The lowest BCUT2D eigenvalue weighted by molar-refractivity contribution is 0.657. The minimum Gasteiger partial charge on any atom is -0.313 e. The molecule has 0 saturated carbocycles.